The van der Waals surface area contributed by atoms with Gasteiger partial charge in [0, 0.05) is 18.0 Å². The summed E-state index contributed by atoms with van der Waals surface area (Å²) in [6.45, 7) is 9.14. The zero-order valence-corrected chi connectivity index (χ0v) is 11.4. The highest BCUT2D eigenvalue weighted by atomic mass is 15.2. The van der Waals surface area contributed by atoms with Gasteiger partial charge in [0.1, 0.15) is 5.82 Å². The molecule has 3 nitrogen and oxygen atoms in total. The van der Waals surface area contributed by atoms with Gasteiger partial charge < -0.3 is 4.98 Å². The van der Waals surface area contributed by atoms with E-state index in [1.165, 1.54) is 13.0 Å². The highest BCUT2D eigenvalue weighted by Gasteiger charge is 2.38. The Morgan fingerprint density at radius 2 is 2.11 bits per heavy atom. The van der Waals surface area contributed by atoms with E-state index in [1.54, 1.807) is 0 Å². The van der Waals surface area contributed by atoms with Gasteiger partial charge in [0.05, 0.1) is 11.0 Å². The smallest absolute Gasteiger partial charge is 0.114 e. The molecule has 0 saturated carbocycles. The van der Waals surface area contributed by atoms with Crippen LogP contribution >= 0.6 is 0 Å². The van der Waals surface area contributed by atoms with Crippen LogP contribution in [0.25, 0.3) is 11.0 Å². The van der Waals surface area contributed by atoms with Crippen molar-refractivity contribution in [2.24, 2.45) is 0 Å². The van der Waals surface area contributed by atoms with Crippen molar-refractivity contribution in [3.05, 3.63) is 30.1 Å². The molecule has 0 aliphatic carbocycles. The number of aromatic nitrogens is 2. The summed E-state index contributed by atoms with van der Waals surface area (Å²) in [5.41, 5.74) is 2.40. The van der Waals surface area contributed by atoms with Gasteiger partial charge >= 0.3 is 0 Å². The van der Waals surface area contributed by atoms with Gasteiger partial charge in [-0.2, -0.15) is 0 Å². The number of rotatable bonds is 2. The average molecular weight is 243 g/mol. The Labute approximate surface area is 108 Å². The summed E-state index contributed by atoms with van der Waals surface area (Å²) in [5, 5.41) is 0. The first-order valence-corrected chi connectivity index (χ1v) is 6.78. The fourth-order valence-electron chi connectivity index (χ4n) is 2.87. The second kappa shape index (κ2) is 4.09. The Hall–Kier alpha value is -1.35. The summed E-state index contributed by atoms with van der Waals surface area (Å²) in [4.78, 5) is 10.8. The van der Waals surface area contributed by atoms with Crippen molar-refractivity contribution in [2.75, 3.05) is 13.1 Å². The van der Waals surface area contributed by atoms with Gasteiger partial charge in [-0.25, -0.2) is 4.98 Å². The summed E-state index contributed by atoms with van der Waals surface area (Å²) in [6, 6.07) is 8.90. The third-order valence-corrected chi connectivity index (χ3v) is 4.19. The predicted molar refractivity (Wildman–Crippen MR) is 74.8 cm³/mol. The molecule has 0 radical (unpaired) electrons. The van der Waals surface area contributed by atoms with E-state index >= 15 is 0 Å². The molecule has 1 N–H and O–H groups in total. The Morgan fingerprint density at radius 3 is 2.78 bits per heavy atom. The molecule has 2 aromatic rings. The van der Waals surface area contributed by atoms with Crippen molar-refractivity contribution in [3.8, 4) is 0 Å². The zero-order valence-electron chi connectivity index (χ0n) is 11.4. The number of nitrogens with one attached hydrogen (secondary N) is 1. The van der Waals surface area contributed by atoms with Crippen molar-refractivity contribution in [2.45, 2.75) is 38.6 Å². The van der Waals surface area contributed by atoms with Gasteiger partial charge in [0.15, 0.2) is 0 Å². The summed E-state index contributed by atoms with van der Waals surface area (Å²) in [6.07, 6.45) is 1.19. The minimum atomic E-state index is 0.170. The second-order valence-corrected chi connectivity index (χ2v) is 5.98. The molecule has 1 unspecified atom stereocenters. The van der Waals surface area contributed by atoms with E-state index < -0.39 is 0 Å². The standard InChI is InChI=1S/C15H21N3/c1-11(2)18-9-8-15(3,10-18)14-16-12-6-4-5-7-13(12)17-14/h4-7,11H,8-10H2,1-3H3,(H,16,17). The van der Waals surface area contributed by atoms with Crippen LogP contribution in [0, 0.1) is 0 Å². The third-order valence-electron chi connectivity index (χ3n) is 4.19. The lowest BCUT2D eigenvalue weighted by molar-refractivity contribution is 0.258. The van der Waals surface area contributed by atoms with E-state index in [2.05, 4.69) is 48.9 Å². The van der Waals surface area contributed by atoms with Crippen LogP contribution in [0.1, 0.15) is 33.0 Å². The van der Waals surface area contributed by atoms with E-state index in [0.717, 1.165) is 23.4 Å². The van der Waals surface area contributed by atoms with Gasteiger partial charge in [-0.1, -0.05) is 19.1 Å². The number of fused-ring (bicyclic) bond motifs is 1. The van der Waals surface area contributed by atoms with Crippen LogP contribution in [0.2, 0.25) is 0 Å². The molecule has 0 amide bonds. The maximum Gasteiger partial charge on any atom is 0.114 e. The number of nitrogens with zero attached hydrogens (tertiary/aromatic N) is 2. The maximum absolute atomic E-state index is 4.78. The molecular weight excluding hydrogens is 222 g/mol. The molecule has 1 aliphatic rings. The highest BCUT2D eigenvalue weighted by molar-refractivity contribution is 5.75. The molecule has 0 bridgehead atoms. The molecule has 3 heteroatoms. The lowest BCUT2D eigenvalue weighted by atomic mass is 9.89. The Kier molecular flexibility index (Phi) is 2.67. The molecule has 1 atom stereocenters. The molecule has 0 spiro atoms. The first kappa shape index (κ1) is 11.7. The lowest BCUT2D eigenvalue weighted by Gasteiger charge is -2.24. The summed E-state index contributed by atoms with van der Waals surface area (Å²) < 4.78 is 0. The van der Waals surface area contributed by atoms with Crippen LogP contribution < -0.4 is 0 Å². The molecule has 1 aliphatic heterocycles. The Balaban J connectivity index is 1.94. The molecule has 18 heavy (non-hydrogen) atoms. The number of hydrogen-bond acceptors (Lipinski definition) is 2. The third kappa shape index (κ3) is 1.83. The number of hydrogen-bond donors (Lipinski definition) is 1. The first-order chi connectivity index (χ1) is 8.58. The summed E-state index contributed by atoms with van der Waals surface area (Å²) >= 11 is 0. The van der Waals surface area contributed by atoms with Gasteiger partial charge in [-0.15, -0.1) is 0 Å². The number of imidazole rings is 1. The molecule has 1 saturated heterocycles. The molecule has 3 rings (SSSR count). The first-order valence-electron chi connectivity index (χ1n) is 6.78. The number of aromatic amines is 1. The lowest BCUT2D eigenvalue weighted by Crippen LogP contribution is -2.33. The van der Waals surface area contributed by atoms with Crippen molar-refractivity contribution >= 4 is 11.0 Å². The molecular formula is C15H21N3. The normalized spacial score (nSPS) is 25.3. The van der Waals surface area contributed by atoms with Crippen molar-refractivity contribution < 1.29 is 0 Å². The van der Waals surface area contributed by atoms with Crippen LogP contribution in [-0.4, -0.2) is 34.0 Å². The Bertz CT molecular complexity index is 525. The fourth-order valence-corrected chi connectivity index (χ4v) is 2.87. The number of para-hydroxylation sites is 2. The van der Waals surface area contributed by atoms with E-state index in [-0.39, 0.29) is 5.41 Å². The fraction of sp³-hybridized carbons (Fsp3) is 0.533. The average Bonchev–Trinajstić information content (AvgIpc) is 2.93. The highest BCUT2D eigenvalue weighted by Crippen LogP contribution is 2.34. The zero-order chi connectivity index (χ0) is 12.8. The van der Waals surface area contributed by atoms with Gasteiger partial charge in [-0.3, -0.25) is 4.90 Å². The van der Waals surface area contributed by atoms with E-state index in [4.69, 9.17) is 4.98 Å². The van der Waals surface area contributed by atoms with Crippen LogP contribution in [0.3, 0.4) is 0 Å². The van der Waals surface area contributed by atoms with Gasteiger partial charge in [0.25, 0.3) is 0 Å². The van der Waals surface area contributed by atoms with Crippen molar-refractivity contribution in [1.82, 2.24) is 14.9 Å². The van der Waals surface area contributed by atoms with Crippen molar-refractivity contribution in [1.29, 1.82) is 0 Å². The molecule has 96 valence electrons. The minimum Gasteiger partial charge on any atom is -0.341 e. The van der Waals surface area contributed by atoms with Crippen LogP contribution in [0.15, 0.2) is 24.3 Å². The summed E-state index contributed by atoms with van der Waals surface area (Å²) in [7, 11) is 0. The molecule has 1 fully saturated rings. The topological polar surface area (TPSA) is 31.9 Å². The summed E-state index contributed by atoms with van der Waals surface area (Å²) in [5.74, 6) is 1.15. The quantitative estimate of drug-likeness (QED) is 0.879. The number of benzene rings is 1. The van der Waals surface area contributed by atoms with Crippen LogP contribution in [-0.2, 0) is 5.41 Å². The van der Waals surface area contributed by atoms with Gasteiger partial charge in [0.2, 0.25) is 0 Å². The largest absolute Gasteiger partial charge is 0.341 e. The molecule has 1 aromatic carbocycles. The predicted octanol–water partition coefficient (Wildman–Crippen LogP) is 2.93. The Morgan fingerprint density at radius 1 is 1.33 bits per heavy atom. The maximum atomic E-state index is 4.78. The SMILES string of the molecule is CC(C)N1CCC(C)(c2nc3ccccc3[nH]2)C1. The second-order valence-electron chi connectivity index (χ2n) is 5.98. The number of H-pyrrole nitrogens is 1. The van der Waals surface area contributed by atoms with Crippen LogP contribution in [0.4, 0.5) is 0 Å². The monoisotopic (exact) mass is 243 g/mol. The van der Waals surface area contributed by atoms with Gasteiger partial charge in [-0.05, 0) is 38.9 Å². The molecule has 1 aromatic heterocycles. The van der Waals surface area contributed by atoms with E-state index in [1.807, 2.05) is 6.07 Å². The van der Waals surface area contributed by atoms with E-state index in [9.17, 15) is 0 Å². The van der Waals surface area contributed by atoms with E-state index in [0.29, 0.717) is 6.04 Å². The number of likely N-dealkylation sites (tertiary alicyclic amines) is 1. The van der Waals surface area contributed by atoms with Crippen molar-refractivity contribution in [3.63, 3.8) is 0 Å². The minimum absolute atomic E-state index is 0.170. The molecule has 2 heterocycles. The van der Waals surface area contributed by atoms with Crippen LogP contribution in [0.5, 0.6) is 0 Å².